The van der Waals surface area contributed by atoms with E-state index in [4.69, 9.17) is 14.0 Å². The Labute approximate surface area is 109 Å². The standard InChI is InChI=1S/C8H6O2.3CO.Cr/c9-5-7-3-1-2-4-8(7)6-10;3*1-2;/h1-6H;;;;. The van der Waals surface area contributed by atoms with Crippen molar-refractivity contribution in [2.45, 2.75) is 0 Å². The Morgan fingerprint density at radius 3 is 1.18 bits per heavy atom. The molecule has 0 saturated carbocycles. The molecule has 0 unspecified atom stereocenters. The van der Waals surface area contributed by atoms with Gasteiger partial charge in [0.1, 0.15) is 0 Å². The Morgan fingerprint density at radius 2 is 1.00 bits per heavy atom. The Kier molecular flexibility index (Phi) is 34.4. The fraction of sp³-hybridized carbons (Fsp3) is 0. The van der Waals surface area contributed by atoms with Crippen molar-refractivity contribution in [2.75, 3.05) is 0 Å². The fourth-order valence-electron chi connectivity index (χ4n) is 0.726. The molecule has 1 aromatic rings. The summed E-state index contributed by atoms with van der Waals surface area (Å²) in [6.07, 6.45) is 1.34. The van der Waals surface area contributed by atoms with Gasteiger partial charge in [0.15, 0.2) is 12.6 Å². The van der Waals surface area contributed by atoms with E-state index in [1.807, 2.05) is 0 Å². The molecule has 17 heavy (non-hydrogen) atoms. The van der Waals surface area contributed by atoms with Crippen molar-refractivity contribution in [2.24, 2.45) is 0 Å². The van der Waals surface area contributed by atoms with Crippen LogP contribution in [0.2, 0.25) is 0 Å². The quantitative estimate of drug-likeness (QED) is 0.458. The normalized spacial score (nSPS) is 5.53. The van der Waals surface area contributed by atoms with Crippen molar-refractivity contribution in [1.29, 1.82) is 0 Å². The number of hydrogen-bond acceptors (Lipinski definition) is 2. The van der Waals surface area contributed by atoms with Crippen LogP contribution in [0.1, 0.15) is 20.7 Å². The smallest absolute Gasteiger partial charge is 0 e. The molecular formula is C11H6CrO5. The molecule has 0 aromatic heterocycles. The van der Waals surface area contributed by atoms with Crippen LogP contribution in [0, 0.1) is 20.0 Å². The third kappa shape index (κ3) is 12.2. The van der Waals surface area contributed by atoms with E-state index >= 15 is 0 Å². The number of hydrogen-bond donors (Lipinski definition) is 0. The predicted octanol–water partition coefficient (Wildman–Crippen LogP) is 1.20. The van der Waals surface area contributed by atoms with Gasteiger partial charge in [-0.05, 0) is 0 Å². The third-order valence-electron chi connectivity index (χ3n) is 1.25. The molecule has 0 atom stereocenters. The van der Waals surface area contributed by atoms with Gasteiger partial charge in [-0.1, -0.05) is 24.3 Å². The number of carbonyl (C=O) groups is 2. The van der Waals surface area contributed by atoms with Gasteiger partial charge in [-0.25, -0.2) is 0 Å². The van der Waals surface area contributed by atoms with Gasteiger partial charge in [-0.3, -0.25) is 9.59 Å². The van der Waals surface area contributed by atoms with Crippen LogP contribution in [0.25, 0.3) is 0 Å². The summed E-state index contributed by atoms with van der Waals surface area (Å²) < 4.78 is 22.5. The van der Waals surface area contributed by atoms with Gasteiger partial charge in [0.25, 0.3) is 0 Å². The summed E-state index contributed by atoms with van der Waals surface area (Å²) in [6, 6.07) is 6.65. The maximum atomic E-state index is 10.2. The number of rotatable bonds is 2. The molecule has 0 aliphatic rings. The summed E-state index contributed by atoms with van der Waals surface area (Å²) >= 11 is 0. The van der Waals surface area contributed by atoms with Crippen LogP contribution in [-0.4, -0.2) is 12.6 Å². The minimum Gasteiger partial charge on any atom is 0 e. The first-order valence-corrected chi connectivity index (χ1v) is 3.49. The van der Waals surface area contributed by atoms with Crippen molar-refractivity contribution in [3.05, 3.63) is 55.3 Å². The van der Waals surface area contributed by atoms with Gasteiger partial charge in [-0.2, -0.15) is 0 Å². The molecule has 6 heteroatoms. The van der Waals surface area contributed by atoms with Gasteiger partial charge in [0.05, 0.1) is 0 Å². The Morgan fingerprint density at radius 1 is 0.765 bits per heavy atom. The molecule has 0 radical (unpaired) electrons. The van der Waals surface area contributed by atoms with E-state index in [1.54, 1.807) is 24.3 Å². The van der Waals surface area contributed by atoms with Crippen LogP contribution in [0.15, 0.2) is 24.3 Å². The fourth-order valence-corrected chi connectivity index (χ4v) is 0.726. The minimum absolute atomic E-state index is 0. The van der Waals surface area contributed by atoms with E-state index in [0.717, 1.165) is 0 Å². The molecule has 0 fully saturated rings. The zero-order chi connectivity index (χ0) is 13.4. The van der Waals surface area contributed by atoms with Crippen molar-refractivity contribution in [3.8, 4) is 0 Å². The van der Waals surface area contributed by atoms with Crippen molar-refractivity contribution < 1.29 is 40.9 Å². The Balaban J connectivity index is -0.000000106. The first-order chi connectivity index (χ1) is 7.88. The van der Waals surface area contributed by atoms with E-state index < -0.39 is 0 Å². The second-order valence-corrected chi connectivity index (χ2v) is 1.86. The van der Waals surface area contributed by atoms with E-state index in [0.29, 0.717) is 23.7 Å². The van der Waals surface area contributed by atoms with Crippen molar-refractivity contribution in [3.63, 3.8) is 0 Å². The molecular weight excluding hydrogens is 264 g/mol. The first kappa shape index (κ1) is 24.5. The minimum atomic E-state index is 0. The van der Waals surface area contributed by atoms with E-state index in [9.17, 15) is 9.59 Å². The monoisotopic (exact) mass is 270 g/mol. The molecule has 5 nitrogen and oxygen atoms in total. The molecule has 0 saturated heterocycles. The summed E-state index contributed by atoms with van der Waals surface area (Å²) in [5.41, 5.74) is 0.884. The largest absolute Gasteiger partial charge is 0 e. The third-order valence-corrected chi connectivity index (χ3v) is 1.25. The van der Waals surface area contributed by atoms with Gasteiger partial charge < -0.3 is 0 Å². The van der Waals surface area contributed by atoms with Gasteiger partial charge in [-0.15, -0.1) is 0 Å². The van der Waals surface area contributed by atoms with Crippen molar-refractivity contribution >= 4 is 12.6 Å². The molecule has 1 rings (SSSR count). The van der Waals surface area contributed by atoms with Crippen LogP contribution in [0.5, 0.6) is 0 Å². The van der Waals surface area contributed by atoms with Crippen LogP contribution >= 0.6 is 0 Å². The molecule has 0 spiro atoms. The van der Waals surface area contributed by atoms with E-state index in [-0.39, 0.29) is 17.4 Å². The first-order valence-electron chi connectivity index (χ1n) is 3.49. The second kappa shape index (κ2) is 23.9. The predicted molar refractivity (Wildman–Crippen MR) is 49.0 cm³/mol. The Bertz CT molecular complexity index is 326. The average Bonchev–Trinajstić information content (AvgIpc) is 2.45. The second-order valence-electron chi connectivity index (χ2n) is 1.86. The molecule has 0 amide bonds. The summed E-state index contributed by atoms with van der Waals surface area (Å²) in [5, 5.41) is 0. The summed E-state index contributed by atoms with van der Waals surface area (Å²) in [4.78, 5) is 20.5. The maximum absolute atomic E-state index is 10.2. The zero-order valence-electron chi connectivity index (χ0n) is 8.41. The van der Waals surface area contributed by atoms with Crippen LogP contribution in [-0.2, 0) is 31.3 Å². The van der Waals surface area contributed by atoms with Crippen LogP contribution in [0.4, 0.5) is 0 Å². The van der Waals surface area contributed by atoms with Crippen LogP contribution < -0.4 is 0 Å². The number of aldehydes is 2. The summed E-state index contributed by atoms with van der Waals surface area (Å²) in [6.45, 7) is 13.5. The van der Waals surface area contributed by atoms with E-state index in [1.165, 1.54) is 0 Å². The number of carbonyl (C=O) groups excluding carboxylic acids is 2. The average molecular weight is 270 g/mol. The topological polar surface area (TPSA) is 93.8 Å². The summed E-state index contributed by atoms with van der Waals surface area (Å²) in [5.74, 6) is 0. The van der Waals surface area contributed by atoms with Gasteiger partial charge in [0.2, 0.25) is 0 Å². The summed E-state index contributed by atoms with van der Waals surface area (Å²) in [7, 11) is 0. The molecule has 86 valence electrons. The SMILES string of the molecule is O=Cc1ccccc1C=O.[C-]#[O+].[C-]#[O+].[C-]#[O+].[Cr]. The molecule has 0 bridgehead atoms. The molecule has 0 heterocycles. The van der Waals surface area contributed by atoms with E-state index in [2.05, 4.69) is 20.0 Å². The van der Waals surface area contributed by atoms with Crippen molar-refractivity contribution in [1.82, 2.24) is 0 Å². The zero-order valence-corrected chi connectivity index (χ0v) is 9.69. The van der Waals surface area contributed by atoms with Crippen LogP contribution in [0.3, 0.4) is 0 Å². The number of benzene rings is 1. The molecule has 0 aliphatic carbocycles. The molecule has 0 aliphatic heterocycles. The Hall–Kier alpha value is -1.69. The molecule has 1 aromatic carbocycles. The van der Waals surface area contributed by atoms with Gasteiger partial charge >= 0.3 is 33.9 Å². The maximum Gasteiger partial charge on any atom is 0 e. The molecule has 0 N–H and O–H groups in total. The van der Waals surface area contributed by atoms with Gasteiger partial charge in [0, 0.05) is 28.5 Å².